The summed E-state index contributed by atoms with van der Waals surface area (Å²) in [5.41, 5.74) is 0. The molecule has 1 aliphatic rings. The fourth-order valence-electron chi connectivity index (χ4n) is 2.80. The van der Waals surface area contributed by atoms with Crippen molar-refractivity contribution in [3.63, 3.8) is 0 Å². The molecule has 0 spiro atoms. The lowest BCUT2D eigenvalue weighted by Gasteiger charge is -2.41. The Morgan fingerprint density at radius 1 is 1.35 bits per heavy atom. The fourth-order valence-corrected chi connectivity index (χ4v) is 3.86. The molecule has 0 aromatic rings. The van der Waals surface area contributed by atoms with Gasteiger partial charge in [-0.2, -0.15) is 0 Å². The van der Waals surface area contributed by atoms with E-state index in [1.807, 2.05) is 0 Å². The molecule has 0 aliphatic heterocycles. The van der Waals surface area contributed by atoms with Crippen LogP contribution in [-0.2, 0) is 9.22 Å². The lowest BCUT2D eigenvalue weighted by molar-refractivity contribution is -0.120. The normalized spacial score (nSPS) is 30.1. The van der Waals surface area contributed by atoms with Gasteiger partial charge in [0.2, 0.25) is 0 Å². The molecular weight excluding hydrogens is 268 g/mol. The fraction of sp³-hybridized carbons (Fsp3) is 0.938. The maximum atomic E-state index is 10.9. The molecule has 0 aromatic carbocycles. The third kappa shape index (κ3) is 4.40. The van der Waals surface area contributed by atoms with Gasteiger partial charge in [-0.25, -0.2) is 0 Å². The molecule has 0 aromatic heterocycles. The van der Waals surface area contributed by atoms with E-state index in [1.54, 1.807) is 0 Å². The smallest absolute Gasteiger partial charge is 0.191 e. The molecule has 0 amide bonds. The van der Waals surface area contributed by atoms with Crippen LogP contribution in [0.3, 0.4) is 0 Å². The summed E-state index contributed by atoms with van der Waals surface area (Å²) in [6, 6.07) is 0. The van der Waals surface area contributed by atoms with E-state index < -0.39 is 14.4 Å². The van der Waals surface area contributed by atoms with E-state index in [1.165, 1.54) is 0 Å². The summed E-state index contributed by atoms with van der Waals surface area (Å²) in [5, 5.41) is 10.1. The van der Waals surface area contributed by atoms with E-state index in [9.17, 15) is 9.90 Å². The van der Waals surface area contributed by atoms with Gasteiger partial charge in [0, 0.05) is 6.61 Å². The molecule has 0 saturated heterocycles. The maximum absolute atomic E-state index is 10.9. The first-order valence-electron chi connectivity index (χ1n) is 7.86. The number of hydrogen-bond acceptors (Lipinski definition) is 3. The number of aliphatic hydroxyl groups excluding tert-OH is 1. The second-order valence-corrected chi connectivity index (χ2v) is 12.8. The quantitative estimate of drug-likeness (QED) is 0.623. The Hall–Kier alpha value is -0.193. The molecule has 1 fully saturated rings. The summed E-state index contributed by atoms with van der Waals surface area (Å²) in [4.78, 5) is 10.9. The van der Waals surface area contributed by atoms with E-state index in [0.717, 1.165) is 19.3 Å². The van der Waals surface area contributed by atoms with Crippen LogP contribution in [0, 0.1) is 17.8 Å². The largest absolute Gasteiger partial charge is 0.417 e. The third-order valence-electron chi connectivity index (χ3n) is 5.35. The minimum absolute atomic E-state index is 0.0773. The molecule has 0 unspecified atom stereocenters. The highest BCUT2D eigenvalue weighted by molar-refractivity contribution is 6.74. The highest BCUT2D eigenvalue weighted by atomic mass is 28.4. The second kappa shape index (κ2) is 6.71. The molecule has 1 N–H and O–H groups in total. The van der Waals surface area contributed by atoms with Crippen molar-refractivity contribution in [3.05, 3.63) is 0 Å². The van der Waals surface area contributed by atoms with Crippen molar-refractivity contribution in [3.8, 4) is 0 Å². The van der Waals surface area contributed by atoms with Gasteiger partial charge >= 0.3 is 0 Å². The van der Waals surface area contributed by atoms with Crippen molar-refractivity contribution in [2.24, 2.45) is 17.8 Å². The predicted molar refractivity (Wildman–Crippen MR) is 85.2 cm³/mol. The molecule has 0 bridgehead atoms. The Labute approximate surface area is 125 Å². The third-order valence-corrected chi connectivity index (χ3v) is 9.85. The summed E-state index contributed by atoms with van der Waals surface area (Å²) in [6.45, 7) is 14.2. The molecule has 1 aliphatic carbocycles. The number of hydrogen-bond donors (Lipinski definition) is 1. The highest BCUT2D eigenvalue weighted by Crippen LogP contribution is 2.40. The van der Waals surface area contributed by atoms with E-state index in [2.05, 4.69) is 40.8 Å². The van der Waals surface area contributed by atoms with E-state index >= 15 is 0 Å². The summed E-state index contributed by atoms with van der Waals surface area (Å²) in [7, 11) is -1.76. The van der Waals surface area contributed by atoms with Gasteiger partial charge in [0.15, 0.2) is 8.32 Å². The van der Waals surface area contributed by atoms with Gasteiger partial charge in [0.05, 0.1) is 0 Å². The standard InChI is InChI=1S/C16H32O3Si/c1-12-7-8-14(15(18)10-17)13(9-12)11-19-20(5,6)16(2,3)4/h10,12-15,18H,7-9,11H2,1-6H3/t12-,13+,14-,15-/m1/s1. The molecular formula is C16H32O3Si. The minimum Gasteiger partial charge on any atom is -0.417 e. The number of aldehydes is 1. The summed E-state index contributed by atoms with van der Waals surface area (Å²) >= 11 is 0. The molecule has 1 rings (SSSR count). The molecule has 1 saturated carbocycles. The molecule has 3 nitrogen and oxygen atoms in total. The zero-order valence-corrected chi connectivity index (χ0v) is 15.0. The first-order valence-corrected chi connectivity index (χ1v) is 10.8. The maximum Gasteiger partial charge on any atom is 0.191 e. The summed E-state index contributed by atoms with van der Waals surface area (Å²) < 4.78 is 6.32. The molecule has 118 valence electrons. The number of carbonyl (C=O) groups is 1. The van der Waals surface area contributed by atoms with Crippen LogP contribution in [0.1, 0.15) is 47.0 Å². The van der Waals surface area contributed by atoms with Gasteiger partial charge < -0.3 is 14.3 Å². The van der Waals surface area contributed by atoms with Crippen molar-refractivity contribution in [2.45, 2.75) is 71.2 Å². The Morgan fingerprint density at radius 3 is 2.45 bits per heavy atom. The first kappa shape index (κ1) is 17.9. The highest BCUT2D eigenvalue weighted by Gasteiger charge is 2.40. The SMILES string of the molecule is C[C@@H]1CC[C@@H]([C@H](O)C=O)[C@H](CO[Si](C)(C)C(C)(C)C)C1. The topological polar surface area (TPSA) is 46.5 Å². The molecule has 0 radical (unpaired) electrons. The van der Waals surface area contributed by atoms with Gasteiger partial charge in [-0.1, -0.05) is 34.1 Å². The lowest BCUT2D eigenvalue weighted by Crippen LogP contribution is -2.44. The van der Waals surface area contributed by atoms with Gasteiger partial charge in [0.1, 0.15) is 12.4 Å². The molecule has 4 atom stereocenters. The van der Waals surface area contributed by atoms with Crippen molar-refractivity contribution in [1.82, 2.24) is 0 Å². The van der Waals surface area contributed by atoms with Crippen LogP contribution in [0.25, 0.3) is 0 Å². The second-order valence-electron chi connectivity index (χ2n) is 8.04. The number of aliphatic hydroxyl groups is 1. The molecule has 0 heterocycles. The number of carbonyl (C=O) groups excluding carboxylic acids is 1. The van der Waals surface area contributed by atoms with E-state index in [-0.39, 0.29) is 11.0 Å². The molecule has 4 heteroatoms. The van der Waals surface area contributed by atoms with Crippen LogP contribution >= 0.6 is 0 Å². The predicted octanol–water partition coefficient (Wildman–Crippen LogP) is 3.62. The van der Waals surface area contributed by atoms with Gasteiger partial charge in [-0.05, 0) is 48.7 Å². The lowest BCUT2D eigenvalue weighted by atomic mass is 9.73. The van der Waals surface area contributed by atoms with Crippen LogP contribution in [0.5, 0.6) is 0 Å². The van der Waals surface area contributed by atoms with Crippen molar-refractivity contribution in [2.75, 3.05) is 6.61 Å². The minimum atomic E-state index is -1.76. The summed E-state index contributed by atoms with van der Waals surface area (Å²) in [5.74, 6) is 1.06. The van der Waals surface area contributed by atoms with Crippen LogP contribution in [0.4, 0.5) is 0 Å². The number of rotatable bonds is 5. The van der Waals surface area contributed by atoms with Crippen LogP contribution < -0.4 is 0 Å². The average molecular weight is 301 g/mol. The van der Waals surface area contributed by atoms with Gasteiger partial charge in [-0.15, -0.1) is 0 Å². The Kier molecular flexibility index (Phi) is 5.99. The molecule has 20 heavy (non-hydrogen) atoms. The Morgan fingerprint density at radius 2 is 1.95 bits per heavy atom. The summed E-state index contributed by atoms with van der Waals surface area (Å²) in [6.07, 6.45) is 2.97. The first-order chi connectivity index (χ1) is 9.08. The average Bonchev–Trinajstić information content (AvgIpc) is 2.34. The van der Waals surface area contributed by atoms with E-state index in [0.29, 0.717) is 24.7 Å². The van der Waals surface area contributed by atoms with Crippen LogP contribution in [0.2, 0.25) is 18.1 Å². The van der Waals surface area contributed by atoms with Crippen LogP contribution in [-0.4, -0.2) is 32.4 Å². The van der Waals surface area contributed by atoms with Crippen LogP contribution in [0.15, 0.2) is 0 Å². The van der Waals surface area contributed by atoms with Gasteiger partial charge in [0.25, 0.3) is 0 Å². The van der Waals surface area contributed by atoms with Crippen molar-refractivity contribution < 1.29 is 14.3 Å². The monoisotopic (exact) mass is 300 g/mol. The Bertz CT molecular complexity index is 322. The zero-order chi connectivity index (χ0) is 15.6. The van der Waals surface area contributed by atoms with Crippen molar-refractivity contribution in [1.29, 1.82) is 0 Å². The van der Waals surface area contributed by atoms with Gasteiger partial charge in [-0.3, -0.25) is 0 Å². The Balaban J connectivity index is 2.68. The zero-order valence-electron chi connectivity index (χ0n) is 14.0. The van der Waals surface area contributed by atoms with E-state index in [4.69, 9.17) is 4.43 Å². The van der Waals surface area contributed by atoms with Crippen molar-refractivity contribution >= 4 is 14.6 Å².